The lowest BCUT2D eigenvalue weighted by Gasteiger charge is -2.15. The largest absolute Gasteiger partial charge is 0.320 e. The smallest absolute Gasteiger partial charge is 0.272 e. The summed E-state index contributed by atoms with van der Waals surface area (Å²) in [6.45, 7) is 1.67. The molecule has 0 atom stereocenters. The number of hydrogen-bond acceptors (Lipinski definition) is 5. The third-order valence-electron chi connectivity index (χ3n) is 4.07. The second kappa shape index (κ2) is 8.45. The highest BCUT2D eigenvalue weighted by molar-refractivity contribution is 9.10. The van der Waals surface area contributed by atoms with E-state index < -0.39 is 11.8 Å². The highest BCUT2D eigenvalue weighted by Crippen LogP contribution is 2.27. The maximum absolute atomic E-state index is 13.1. The first-order valence-electron chi connectivity index (χ1n) is 8.21. The maximum Gasteiger partial charge on any atom is 0.272 e. The van der Waals surface area contributed by atoms with E-state index in [4.69, 9.17) is 22.7 Å². The van der Waals surface area contributed by atoms with Crippen LogP contribution in [-0.4, -0.2) is 21.4 Å². The number of nitriles is 1. The molecule has 4 N–H and O–H groups in total. The van der Waals surface area contributed by atoms with Gasteiger partial charge in [-0.15, -0.1) is 0 Å². The van der Waals surface area contributed by atoms with Gasteiger partial charge < -0.3 is 5.32 Å². The number of nitrogens with one attached hydrogen (secondary N) is 2. The fourth-order valence-corrected chi connectivity index (χ4v) is 3.42. The van der Waals surface area contributed by atoms with Gasteiger partial charge in [0.1, 0.15) is 5.69 Å². The van der Waals surface area contributed by atoms with Crippen molar-refractivity contribution in [2.45, 2.75) is 6.92 Å². The Hall–Kier alpha value is -3.19. The third-order valence-corrected chi connectivity index (χ3v) is 4.79. The number of anilines is 1. The van der Waals surface area contributed by atoms with Gasteiger partial charge in [-0.2, -0.15) is 5.26 Å². The van der Waals surface area contributed by atoms with Gasteiger partial charge in [0, 0.05) is 16.9 Å². The van der Waals surface area contributed by atoms with Crippen LogP contribution >= 0.6 is 27.5 Å². The van der Waals surface area contributed by atoms with Crippen molar-refractivity contribution in [2.24, 2.45) is 5.84 Å². The van der Waals surface area contributed by atoms with Crippen molar-refractivity contribution >= 4 is 45.0 Å². The molecule has 3 aromatic rings. The normalized spacial score (nSPS) is 10.3. The molecule has 3 rings (SSSR count). The van der Waals surface area contributed by atoms with E-state index in [1.807, 2.05) is 11.5 Å². The fourth-order valence-electron chi connectivity index (χ4n) is 2.79. The number of halogens is 2. The second-order valence-corrected chi connectivity index (χ2v) is 7.30. The zero-order valence-electron chi connectivity index (χ0n) is 15.0. The number of aromatic nitrogens is 2. The Morgan fingerprint density at radius 1 is 1.31 bits per heavy atom. The van der Waals surface area contributed by atoms with Crippen molar-refractivity contribution in [2.75, 3.05) is 5.32 Å². The van der Waals surface area contributed by atoms with E-state index in [1.165, 1.54) is 10.6 Å². The van der Waals surface area contributed by atoms with E-state index in [1.54, 1.807) is 43.6 Å². The lowest BCUT2D eigenvalue weighted by atomic mass is 10.0. The molecule has 1 aromatic carbocycles. The van der Waals surface area contributed by atoms with Crippen LogP contribution in [0.4, 0.5) is 5.69 Å². The Kier molecular flexibility index (Phi) is 5.98. The molecule has 0 radical (unpaired) electrons. The molecule has 0 aliphatic rings. The van der Waals surface area contributed by atoms with E-state index in [0.717, 1.165) is 0 Å². The molecule has 0 spiro atoms. The summed E-state index contributed by atoms with van der Waals surface area (Å²) < 4.78 is 2.17. The summed E-state index contributed by atoms with van der Waals surface area (Å²) >= 11 is 9.57. The van der Waals surface area contributed by atoms with Crippen LogP contribution in [0.1, 0.15) is 32.0 Å². The van der Waals surface area contributed by atoms with Gasteiger partial charge in [0.2, 0.25) is 0 Å². The molecular weight excluding hydrogens is 460 g/mol. The Bertz CT molecular complexity index is 1170. The first-order valence-corrected chi connectivity index (χ1v) is 9.38. The maximum atomic E-state index is 13.1. The van der Waals surface area contributed by atoms with Crippen LogP contribution in [0.2, 0.25) is 5.02 Å². The number of pyridine rings is 1. The van der Waals surface area contributed by atoms with E-state index in [9.17, 15) is 9.59 Å². The lowest BCUT2D eigenvalue weighted by molar-refractivity contribution is 0.0954. The summed E-state index contributed by atoms with van der Waals surface area (Å²) in [5, 5.41) is 12.2. The predicted octanol–water partition coefficient (Wildman–Crippen LogP) is 3.32. The van der Waals surface area contributed by atoms with Gasteiger partial charge in [-0.3, -0.25) is 19.6 Å². The van der Waals surface area contributed by atoms with E-state index in [2.05, 4.69) is 26.2 Å². The van der Waals surface area contributed by atoms with Crippen molar-refractivity contribution in [3.63, 3.8) is 0 Å². The molecule has 0 aliphatic carbocycles. The summed E-state index contributed by atoms with van der Waals surface area (Å²) in [6.07, 6.45) is 3.22. The molecule has 2 amide bonds. The Labute approximate surface area is 179 Å². The number of hydrazine groups is 1. The summed E-state index contributed by atoms with van der Waals surface area (Å²) in [5.74, 6) is 4.49. The molecule has 0 bridgehead atoms. The minimum atomic E-state index is -0.634. The Morgan fingerprint density at radius 3 is 2.72 bits per heavy atom. The number of carbonyl (C=O) groups excluding carboxylic acids is 2. The molecule has 29 heavy (non-hydrogen) atoms. The average molecular weight is 474 g/mol. The minimum Gasteiger partial charge on any atom is -0.320 e. The lowest BCUT2D eigenvalue weighted by Crippen LogP contribution is -2.31. The summed E-state index contributed by atoms with van der Waals surface area (Å²) in [5.41, 5.74) is 3.38. The fraction of sp³-hybridized carbons (Fsp3) is 0.0526. The SMILES string of the molecule is Cc1cc(C#N)cc(C(=O)NN)c1NC(=O)c1cc(Br)cn1-c1ncccc1Cl. The predicted molar refractivity (Wildman–Crippen MR) is 112 cm³/mol. The summed E-state index contributed by atoms with van der Waals surface area (Å²) in [4.78, 5) is 29.4. The molecule has 0 unspecified atom stereocenters. The van der Waals surface area contributed by atoms with Crippen molar-refractivity contribution < 1.29 is 9.59 Å². The highest BCUT2D eigenvalue weighted by Gasteiger charge is 2.21. The van der Waals surface area contributed by atoms with Gasteiger partial charge in [0.25, 0.3) is 11.8 Å². The number of nitrogen functional groups attached to an aromatic ring is 1. The number of carbonyl (C=O) groups is 2. The molecule has 8 nitrogen and oxygen atoms in total. The van der Waals surface area contributed by atoms with Crippen molar-refractivity contribution in [3.05, 3.63) is 74.6 Å². The highest BCUT2D eigenvalue weighted by atomic mass is 79.9. The van der Waals surface area contributed by atoms with Crippen LogP contribution in [0, 0.1) is 18.3 Å². The molecule has 2 heterocycles. The van der Waals surface area contributed by atoms with Crippen LogP contribution in [0.25, 0.3) is 5.82 Å². The van der Waals surface area contributed by atoms with Gasteiger partial charge in [-0.1, -0.05) is 11.6 Å². The number of hydrogen-bond donors (Lipinski definition) is 3. The van der Waals surface area contributed by atoms with Crippen molar-refractivity contribution in [3.8, 4) is 11.9 Å². The van der Waals surface area contributed by atoms with E-state index in [-0.39, 0.29) is 22.5 Å². The number of nitrogens with two attached hydrogens (primary N) is 1. The van der Waals surface area contributed by atoms with Gasteiger partial charge in [-0.25, -0.2) is 10.8 Å². The number of benzene rings is 1. The van der Waals surface area contributed by atoms with Crippen LogP contribution in [0.15, 0.2) is 47.2 Å². The van der Waals surface area contributed by atoms with Gasteiger partial charge in [0.15, 0.2) is 5.82 Å². The zero-order chi connectivity index (χ0) is 21.1. The monoisotopic (exact) mass is 472 g/mol. The standard InChI is InChI=1S/C19H14BrClN6O2/c1-10-5-11(8-22)6-13(18(28)26-23)16(10)25-19(29)15-7-12(20)9-27(15)17-14(21)3-2-4-24-17/h2-7,9H,23H2,1H3,(H,25,29)(H,26,28). The number of aryl methyl sites for hydroxylation is 1. The molecule has 0 saturated heterocycles. The van der Waals surface area contributed by atoms with Crippen molar-refractivity contribution in [1.82, 2.24) is 15.0 Å². The quantitative estimate of drug-likeness (QED) is 0.304. The second-order valence-electron chi connectivity index (χ2n) is 5.98. The topological polar surface area (TPSA) is 126 Å². The Morgan fingerprint density at radius 2 is 2.07 bits per heavy atom. The molecular formula is C19H14BrClN6O2. The van der Waals surface area contributed by atoms with Crippen molar-refractivity contribution in [1.29, 1.82) is 5.26 Å². The minimum absolute atomic E-state index is 0.0745. The molecule has 0 fully saturated rings. The Balaban J connectivity index is 2.06. The van der Waals surface area contributed by atoms with E-state index >= 15 is 0 Å². The number of amides is 2. The molecule has 146 valence electrons. The van der Waals surface area contributed by atoms with Gasteiger partial charge in [0.05, 0.1) is 27.9 Å². The van der Waals surface area contributed by atoms with E-state index in [0.29, 0.717) is 20.9 Å². The van der Waals surface area contributed by atoms with Crippen LogP contribution in [-0.2, 0) is 0 Å². The molecule has 0 aliphatic heterocycles. The molecule has 0 saturated carbocycles. The van der Waals surface area contributed by atoms with Crippen LogP contribution in [0.5, 0.6) is 0 Å². The zero-order valence-corrected chi connectivity index (χ0v) is 17.4. The third kappa shape index (κ3) is 4.14. The van der Waals surface area contributed by atoms with Gasteiger partial charge >= 0.3 is 0 Å². The van der Waals surface area contributed by atoms with Gasteiger partial charge in [-0.05, 0) is 58.7 Å². The first-order chi connectivity index (χ1) is 13.8. The molecule has 10 heteroatoms. The number of rotatable bonds is 4. The number of nitrogens with zero attached hydrogens (tertiary/aromatic N) is 3. The first kappa shape index (κ1) is 20.5. The molecule has 2 aromatic heterocycles. The van der Waals surface area contributed by atoms with Crippen LogP contribution < -0.4 is 16.6 Å². The van der Waals surface area contributed by atoms with Crippen LogP contribution in [0.3, 0.4) is 0 Å². The summed E-state index contributed by atoms with van der Waals surface area (Å²) in [6, 6.07) is 9.83. The summed E-state index contributed by atoms with van der Waals surface area (Å²) in [7, 11) is 0. The average Bonchev–Trinajstić information content (AvgIpc) is 3.10.